The van der Waals surface area contributed by atoms with Crippen LogP contribution in [0.5, 0.6) is 34.9 Å². The van der Waals surface area contributed by atoms with Crippen molar-refractivity contribution < 1.29 is 81.0 Å². The predicted molar refractivity (Wildman–Crippen MR) is 532 cm³/mol. The van der Waals surface area contributed by atoms with Crippen molar-refractivity contribution in [3.63, 3.8) is 0 Å². The lowest BCUT2D eigenvalue weighted by Crippen LogP contribution is -2.41. The summed E-state index contributed by atoms with van der Waals surface area (Å²) in [6.45, 7) is 36.8. The highest BCUT2D eigenvalue weighted by atomic mass is 32.2. The smallest absolute Gasteiger partial charge is 0.281 e. The van der Waals surface area contributed by atoms with Gasteiger partial charge in [0.1, 0.15) is 47.3 Å². The number of rotatable bonds is 30. The van der Waals surface area contributed by atoms with Crippen molar-refractivity contribution in [2.45, 2.75) is 204 Å². The number of anilines is 6. The van der Waals surface area contributed by atoms with Crippen LogP contribution in [-0.2, 0) is 46.7 Å². The first-order chi connectivity index (χ1) is 66.0. The van der Waals surface area contributed by atoms with Crippen molar-refractivity contribution in [2.75, 3.05) is 84.2 Å². The highest BCUT2D eigenvalue weighted by Crippen LogP contribution is 2.44. The van der Waals surface area contributed by atoms with Crippen LogP contribution in [0, 0.1) is 30.6 Å². The molecule has 4 amide bonds. The zero-order valence-corrected chi connectivity index (χ0v) is 85.4. The average Bonchev–Trinajstić information content (AvgIpc) is 1.30. The molecule has 0 radical (unpaired) electrons. The first kappa shape index (κ1) is 105. The van der Waals surface area contributed by atoms with Crippen LogP contribution < -0.4 is 72.8 Å². The van der Waals surface area contributed by atoms with Crippen LogP contribution in [0.1, 0.15) is 195 Å². The highest BCUT2D eigenvalue weighted by Gasteiger charge is 2.44. The van der Waals surface area contributed by atoms with Crippen molar-refractivity contribution >= 4 is 98.6 Å². The minimum atomic E-state index is -4.33. The summed E-state index contributed by atoms with van der Waals surface area (Å²) in [5, 5.41) is -1.23. The van der Waals surface area contributed by atoms with Gasteiger partial charge in [-0.15, -0.1) is 0 Å². The largest absolute Gasteiger partial charge is 0.493 e. The number of carbonyl (C=O) groups is 4. The third-order valence-corrected chi connectivity index (χ3v) is 28.7. The Morgan fingerprint density at radius 3 is 1.28 bits per heavy atom. The van der Waals surface area contributed by atoms with Gasteiger partial charge in [0, 0.05) is 110 Å². The van der Waals surface area contributed by atoms with Crippen molar-refractivity contribution in [3.05, 3.63) is 222 Å². The number of nitrogen functional groups attached to an aromatic ring is 1. The summed E-state index contributed by atoms with van der Waals surface area (Å²) in [5.74, 6) is 3.09. The number of hydrogen-bond acceptors (Lipinski definition) is 33. The molecule has 4 aliphatic rings. The molecule has 11 aromatic rings. The van der Waals surface area contributed by atoms with Gasteiger partial charge in [0.15, 0.2) is 31.6 Å². The Balaban J connectivity index is 0.000000167. The van der Waals surface area contributed by atoms with Crippen LogP contribution in [0.2, 0.25) is 0 Å². The summed E-state index contributed by atoms with van der Waals surface area (Å²) >= 11 is 0. The van der Waals surface area contributed by atoms with Crippen LogP contribution >= 0.6 is 0 Å². The molecule has 3 unspecified atom stereocenters. The van der Waals surface area contributed by atoms with Crippen molar-refractivity contribution in [1.29, 1.82) is 0 Å². The van der Waals surface area contributed by atoms with E-state index in [4.69, 9.17) is 38.8 Å². The normalized spacial score (nSPS) is 17.3. The number of para-hydroxylation sites is 1. The molecular weight excluding hydrogens is 1870 g/mol. The van der Waals surface area contributed by atoms with Crippen LogP contribution in [0.25, 0.3) is 11.3 Å². The Morgan fingerprint density at radius 1 is 0.471 bits per heavy atom. The lowest BCUT2D eigenvalue weighted by molar-refractivity contribution is 0.0972. The van der Waals surface area contributed by atoms with Gasteiger partial charge in [-0.3, -0.25) is 19.2 Å². The zero-order chi connectivity index (χ0) is 102. The maximum Gasteiger partial charge on any atom is 0.281 e. The molecule has 0 bridgehead atoms. The number of amides is 4. The number of nitrogens with one attached hydrogen (secondary N) is 4. The van der Waals surface area contributed by atoms with Crippen molar-refractivity contribution in [2.24, 2.45) is 23.7 Å². The number of nitrogens with two attached hydrogens (primary N) is 1. The Bertz CT molecular complexity index is 6770. The molecular formula is C99H123N19O18S4. The molecule has 4 saturated heterocycles. The summed E-state index contributed by atoms with van der Waals surface area (Å²) in [7, 11) is -12.2. The third-order valence-electron chi connectivity index (χ3n) is 23.7. The number of carbonyl (C=O) groups excluding carboxylic acids is 4. The molecule has 140 heavy (non-hydrogen) atoms. The van der Waals surface area contributed by atoms with E-state index in [-0.39, 0.29) is 101 Å². The Kier molecular flexibility index (Phi) is 32.9. The molecule has 0 saturated carbocycles. The molecule has 746 valence electrons. The van der Waals surface area contributed by atoms with E-state index >= 15 is 0 Å². The number of aryl methyl sites for hydroxylation is 1. The van der Waals surface area contributed by atoms with Gasteiger partial charge in [0.2, 0.25) is 23.4 Å². The first-order valence-corrected chi connectivity index (χ1v) is 51.7. The molecule has 1 aromatic carbocycles. The molecule has 37 nitrogen and oxygen atoms in total. The number of sulfonamides is 4. The van der Waals surface area contributed by atoms with Gasteiger partial charge in [-0.05, 0) is 247 Å². The third kappa shape index (κ3) is 25.9. The fraction of sp³-hybridized carbons (Fsp3) is 0.404. The number of methoxy groups -OCH3 is 2. The summed E-state index contributed by atoms with van der Waals surface area (Å²) in [6, 6.07) is 42.7. The molecule has 4 fully saturated rings. The number of nitrogens with zero attached hydrogens (tertiary/aromatic N) is 14. The van der Waals surface area contributed by atoms with Crippen LogP contribution in [0.15, 0.2) is 213 Å². The fourth-order valence-corrected chi connectivity index (χ4v) is 21.6. The molecule has 41 heteroatoms. The van der Waals surface area contributed by atoms with Crippen LogP contribution in [0.4, 0.5) is 34.9 Å². The van der Waals surface area contributed by atoms with Gasteiger partial charge < -0.3 is 58.3 Å². The summed E-state index contributed by atoms with van der Waals surface area (Å²) in [6.07, 6.45) is 12.0. The van der Waals surface area contributed by atoms with Crippen molar-refractivity contribution in [3.8, 4) is 46.1 Å². The zero-order valence-electron chi connectivity index (χ0n) is 82.1. The summed E-state index contributed by atoms with van der Waals surface area (Å²) < 4.78 is 145. The lowest BCUT2D eigenvalue weighted by atomic mass is 9.97. The molecule has 10 aromatic heterocycles. The minimum absolute atomic E-state index is 0.0204. The van der Waals surface area contributed by atoms with E-state index < -0.39 is 63.7 Å². The van der Waals surface area contributed by atoms with Gasteiger partial charge >= 0.3 is 0 Å². The maximum atomic E-state index is 13.4. The van der Waals surface area contributed by atoms with E-state index in [2.05, 4.69) is 163 Å². The molecule has 0 aliphatic carbocycles. The molecule has 14 heterocycles. The second-order valence-electron chi connectivity index (χ2n) is 38.0. The fourth-order valence-electron chi connectivity index (χ4n) is 17.8. The van der Waals surface area contributed by atoms with E-state index in [0.29, 0.717) is 94.7 Å². The summed E-state index contributed by atoms with van der Waals surface area (Å²) in [4.78, 5) is 102. The molecule has 6 N–H and O–H groups in total. The van der Waals surface area contributed by atoms with Crippen molar-refractivity contribution in [1.82, 2.24) is 63.7 Å². The monoisotopic (exact) mass is 1990 g/mol. The molecule has 15 rings (SSSR count). The standard InChI is InChI=1S/C27H34N6O4S.C26H30N4O6S.C23H33N5O3S.C23H26N4O5S/c1-16(2)37-23-13-19(12-18(4)29-23)21-11-10-20(25(30-21)33-15-17(3)14-27(33,5)6)26(34)32-38(35,36)24-9-7-8-22(28)31-24;1-17-15-26(2,3)30(16-17)24-18(9-8-14-27-24)25(31)29-37(32,33)22-13-7-12-21(28-22)36-23-19(34-4)10-6-11-20(23)35-5;1-6-7-14-27(5)19-11-8-12-20(25-19)32(30,31)26-22(29)18-10-9-13-24-21(18)28-16-17(2)15-23(28,3)4;1-16-13-23(2,3)27(14-16)21-18(8-5-11-24-21)22(28)26-33(29,30)20-10-4-9-19(25-20)32-15-17-7-6-12-31-17/h7-13,16-17H,14-15H2,1-6H3,(H2,28,31)(H,32,34);6-14,17H,15-16H2,1-5H3,(H,29,31);8-13,17H,6-7,14-16H2,1-5H3,(H,26,29);4-12,16H,13-15H2,1-3H3,(H,26,28)/t17-;;;/m0.../s1. The second kappa shape index (κ2) is 43.8. The topological polar surface area (TPSA) is 470 Å². The Labute approximate surface area is 818 Å². The maximum absolute atomic E-state index is 13.4. The van der Waals surface area contributed by atoms with Gasteiger partial charge in [-0.2, -0.15) is 43.6 Å². The lowest BCUT2D eigenvalue weighted by Gasteiger charge is -2.34. The predicted octanol–water partition coefficient (Wildman–Crippen LogP) is 14.8. The second-order valence-corrected chi connectivity index (χ2v) is 44.5. The van der Waals surface area contributed by atoms with E-state index in [1.54, 1.807) is 110 Å². The number of pyridine rings is 9. The van der Waals surface area contributed by atoms with E-state index in [0.717, 1.165) is 69.4 Å². The Hall–Kier alpha value is -13.7. The number of benzene rings is 1. The number of aromatic nitrogens is 9. The highest BCUT2D eigenvalue weighted by molar-refractivity contribution is 7.90. The Morgan fingerprint density at radius 2 is 0.871 bits per heavy atom. The number of hydrogen-bond donors (Lipinski definition) is 5. The summed E-state index contributed by atoms with van der Waals surface area (Å²) in [5.41, 5.74) is 7.63. The molecule has 4 atom stereocenters. The van der Waals surface area contributed by atoms with Gasteiger partial charge in [-0.25, -0.2) is 53.8 Å². The van der Waals surface area contributed by atoms with Gasteiger partial charge in [0.05, 0.1) is 54.5 Å². The van der Waals surface area contributed by atoms with E-state index in [1.165, 1.54) is 81.1 Å². The van der Waals surface area contributed by atoms with Crippen LogP contribution in [0.3, 0.4) is 0 Å². The first-order valence-electron chi connectivity index (χ1n) is 45.8. The quantitative estimate of drug-likeness (QED) is 0.0279. The van der Waals surface area contributed by atoms with Gasteiger partial charge in [0.25, 0.3) is 63.7 Å². The average molecular weight is 2000 g/mol. The number of unbranched alkanes of at least 4 members (excludes halogenated alkanes) is 1. The minimum Gasteiger partial charge on any atom is -0.493 e. The number of furan rings is 1. The SMILES string of the molecule is CC1CN(c2ncccc2C(=O)NS(=O)(=O)c2cccc(OCc3ccco3)n2)C(C)(C)C1.CCCCN(C)c1cccc(S(=O)(=O)NC(=O)c2cccnc2N2CC(C)CC2(C)C)n1.COc1cccc(OC)c1Oc1cccc(S(=O)(=O)NC(=O)c2cccnc2N2CC(C)CC2(C)C)n1.Cc1cc(-c2ccc(C(=O)NS(=O)(=O)c3cccc(N)n3)c(N3C[C@@H](C)CC3(C)C)n2)cc(OC(C)C)n1. The van der Waals surface area contributed by atoms with E-state index in [9.17, 15) is 52.8 Å². The molecule has 0 spiro atoms. The van der Waals surface area contributed by atoms with E-state index in [1.807, 2.05) is 49.8 Å². The molecule has 4 aliphatic heterocycles. The van der Waals surface area contributed by atoms with Gasteiger partial charge in [-0.1, -0.05) is 71.4 Å². The van der Waals surface area contributed by atoms with Crippen LogP contribution in [-0.4, -0.2) is 184 Å². The number of ether oxygens (including phenoxy) is 5.